The number of aliphatic hydroxyl groups is 1. The van der Waals surface area contributed by atoms with Crippen molar-refractivity contribution in [3.8, 4) is 0 Å². The number of aliphatic hydroxyl groups excluding tert-OH is 1. The first kappa shape index (κ1) is 19.8. The number of aryl methyl sites for hydroxylation is 1. The molecule has 29 heavy (non-hydrogen) atoms. The lowest BCUT2D eigenvalue weighted by atomic mass is 10.0. The Morgan fingerprint density at radius 3 is 2.97 bits per heavy atom. The monoisotopic (exact) mass is 408 g/mol. The summed E-state index contributed by atoms with van der Waals surface area (Å²) in [6, 6.07) is 15.0. The number of hydrogen-bond acceptors (Lipinski definition) is 5. The molecule has 4 rings (SSSR count). The average molecular weight is 409 g/mol. The smallest absolute Gasteiger partial charge is 0.267 e. The van der Waals surface area contributed by atoms with E-state index in [9.17, 15) is 9.90 Å². The van der Waals surface area contributed by atoms with Crippen LogP contribution in [0.25, 0.3) is 16.2 Å². The highest BCUT2D eigenvalue weighted by Gasteiger charge is 2.28. The van der Waals surface area contributed by atoms with E-state index >= 15 is 0 Å². The lowest BCUT2D eigenvalue weighted by Gasteiger charge is -2.29. The van der Waals surface area contributed by atoms with E-state index in [4.69, 9.17) is 5.21 Å². The van der Waals surface area contributed by atoms with E-state index in [0.29, 0.717) is 6.54 Å². The van der Waals surface area contributed by atoms with E-state index in [1.54, 1.807) is 22.9 Å². The Hall–Kier alpha value is -2.51. The summed E-state index contributed by atoms with van der Waals surface area (Å²) in [5.74, 6) is -0.541. The summed E-state index contributed by atoms with van der Waals surface area (Å²) in [7, 11) is 0. The molecule has 0 fully saturated rings. The highest BCUT2D eigenvalue weighted by Crippen LogP contribution is 2.38. The zero-order valence-electron chi connectivity index (χ0n) is 16.0. The topological polar surface area (TPSA) is 72.8 Å². The maximum Gasteiger partial charge on any atom is 0.267 e. The molecule has 0 spiro atoms. The quantitative estimate of drug-likeness (QED) is 0.315. The molecule has 1 unspecified atom stereocenters. The number of amides is 1. The fourth-order valence-electron chi connectivity index (χ4n) is 4.15. The van der Waals surface area contributed by atoms with Crippen molar-refractivity contribution in [2.75, 3.05) is 13.2 Å². The molecule has 3 aromatic rings. The number of fused-ring (bicyclic) bond motifs is 2. The van der Waals surface area contributed by atoms with E-state index in [1.165, 1.54) is 32.9 Å². The molecule has 0 bridgehead atoms. The molecule has 6 heteroatoms. The van der Waals surface area contributed by atoms with Gasteiger partial charge in [0.05, 0.1) is 6.61 Å². The fraction of sp³-hybridized carbons (Fsp3) is 0.261. The minimum Gasteiger partial charge on any atom is -0.395 e. The van der Waals surface area contributed by atoms with Gasteiger partial charge in [-0.15, -0.1) is 11.3 Å². The molecule has 1 heterocycles. The van der Waals surface area contributed by atoms with Crippen LogP contribution in [0.15, 0.2) is 53.9 Å². The number of hydrogen-bond donors (Lipinski definition) is 3. The standard InChI is InChI=1S/C23H24N2O3S/c26-12-11-25(14-18-15-29-22-4-2-1-3-20(18)22)21-9-7-17-13-16(5-8-19(17)21)6-10-23(27)24-28/h1-6,8,10,13,15,21,26,28H,7,9,11-12,14H2,(H,24,27). The lowest BCUT2D eigenvalue weighted by Crippen LogP contribution is -2.30. The molecule has 0 radical (unpaired) electrons. The summed E-state index contributed by atoms with van der Waals surface area (Å²) in [6.45, 7) is 1.57. The van der Waals surface area contributed by atoms with Crippen molar-refractivity contribution >= 4 is 33.4 Å². The number of hydroxylamine groups is 1. The zero-order valence-corrected chi connectivity index (χ0v) is 16.9. The first-order chi connectivity index (χ1) is 14.2. The van der Waals surface area contributed by atoms with Gasteiger partial charge in [0, 0.05) is 29.9 Å². The highest BCUT2D eigenvalue weighted by atomic mass is 32.1. The Morgan fingerprint density at radius 1 is 1.28 bits per heavy atom. The second kappa shape index (κ2) is 8.88. The second-order valence-corrected chi connectivity index (χ2v) is 8.18. The van der Waals surface area contributed by atoms with Gasteiger partial charge in [0.2, 0.25) is 0 Å². The van der Waals surface area contributed by atoms with Gasteiger partial charge in [0.25, 0.3) is 5.91 Å². The van der Waals surface area contributed by atoms with Gasteiger partial charge < -0.3 is 5.11 Å². The molecular weight excluding hydrogens is 384 g/mol. The third-order valence-electron chi connectivity index (χ3n) is 5.51. The SMILES string of the molecule is O=C(C=Cc1ccc2c(c1)CCC2N(CCO)Cc1csc2ccccc12)NO. The molecule has 0 saturated heterocycles. The molecule has 0 saturated carbocycles. The number of nitrogens with one attached hydrogen (secondary N) is 1. The molecule has 1 amide bonds. The summed E-state index contributed by atoms with van der Waals surface area (Å²) in [5.41, 5.74) is 6.42. The molecular formula is C23H24N2O3S. The van der Waals surface area contributed by atoms with Gasteiger partial charge in [-0.2, -0.15) is 0 Å². The number of rotatable bonds is 7. The fourth-order valence-corrected chi connectivity index (χ4v) is 5.11. The first-order valence-corrected chi connectivity index (χ1v) is 10.6. The summed E-state index contributed by atoms with van der Waals surface area (Å²) in [5, 5.41) is 21.8. The van der Waals surface area contributed by atoms with Crippen molar-refractivity contribution in [3.05, 3.63) is 76.2 Å². The molecule has 1 aliphatic rings. The molecule has 1 aliphatic carbocycles. The minimum atomic E-state index is -0.541. The average Bonchev–Trinajstić information content (AvgIpc) is 3.35. The van der Waals surface area contributed by atoms with Crippen molar-refractivity contribution in [1.29, 1.82) is 0 Å². The van der Waals surface area contributed by atoms with Crippen molar-refractivity contribution in [2.24, 2.45) is 0 Å². The van der Waals surface area contributed by atoms with Gasteiger partial charge in [-0.1, -0.05) is 36.4 Å². The van der Waals surface area contributed by atoms with Gasteiger partial charge in [-0.3, -0.25) is 14.9 Å². The van der Waals surface area contributed by atoms with Crippen LogP contribution in [-0.4, -0.2) is 34.3 Å². The molecule has 1 aromatic heterocycles. The van der Waals surface area contributed by atoms with Crippen LogP contribution in [0.4, 0.5) is 0 Å². The predicted molar refractivity (Wildman–Crippen MR) is 116 cm³/mol. The van der Waals surface area contributed by atoms with Crippen LogP contribution < -0.4 is 5.48 Å². The molecule has 150 valence electrons. The maximum absolute atomic E-state index is 11.2. The summed E-state index contributed by atoms with van der Waals surface area (Å²) in [4.78, 5) is 13.6. The van der Waals surface area contributed by atoms with Gasteiger partial charge in [0.1, 0.15) is 0 Å². The summed E-state index contributed by atoms with van der Waals surface area (Å²) in [6.07, 6.45) is 5.00. The molecule has 1 atom stereocenters. The van der Waals surface area contributed by atoms with Crippen LogP contribution in [0.3, 0.4) is 0 Å². The molecule has 2 aromatic carbocycles. The maximum atomic E-state index is 11.2. The summed E-state index contributed by atoms with van der Waals surface area (Å²) < 4.78 is 1.29. The zero-order chi connectivity index (χ0) is 20.2. The Labute approximate surface area is 173 Å². The Balaban J connectivity index is 1.57. The molecule has 3 N–H and O–H groups in total. The minimum absolute atomic E-state index is 0.130. The number of nitrogens with zero attached hydrogens (tertiary/aromatic N) is 1. The van der Waals surface area contributed by atoms with E-state index in [0.717, 1.165) is 24.9 Å². The first-order valence-electron chi connectivity index (χ1n) is 9.74. The van der Waals surface area contributed by atoms with Gasteiger partial charge in [-0.05, 0) is 58.0 Å². The third-order valence-corrected chi connectivity index (χ3v) is 6.53. The van der Waals surface area contributed by atoms with Gasteiger partial charge in [0.15, 0.2) is 0 Å². The van der Waals surface area contributed by atoms with E-state index in [2.05, 4.69) is 46.7 Å². The molecule has 5 nitrogen and oxygen atoms in total. The van der Waals surface area contributed by atoms with Crippen LogP contribution in [-0.2, 0) is 17.8 Å². The van der Waals surface area contributed by atoms with Crippen LogP contribution in [0.5, 0.6) is 0 Å². The predicted octanol–water partition coefficient (Wildman–Crippen LogP) is 3.90. The largest absolute Gasteiger partial charge is 0.395 e. The van der Waals surface area contributed by atoms with Crippen LogP contribution in [0.1, 0.15) is 34.7 Å². The second-order valence-electron chi connectivity index (χ2n) is 7.27. The summed E-state index contributed by atoms with van der Waals surface area (Å²) >= 11 is 1.77. The van der Waals surface area contributed by atoms with E-state index < -0.39 is 5.91 Å². The van der Waals surface area contributed by atoms with Crippen molar-refractivity contribution in [3.63, 3.8) is 0 Å². The van der Waals surface area contributed by atoms with Crippen LogP contribution >= 0.6 is 11.3 Å². The lowest BCUT2D eigenvalue weighted by molar-refractivity contribution is -0.124. The van der Waals surface area contributed by atoms with Gasteiger partial charge in [-0.25, -0.2) is 5.48 Å². The number of benzene rings is 2. The van der Waals surface area contributed by atoms with E-state index in [1.807, 2.05) is 6.07 Å². The Bertz CT molecular complexity index is 1040. The highest BCUT2D eigenvalue weighted by molar-refractivity contribution is 7.17. The van der Waals surface area contributed by atoms with Gasteiger partial charge >= 0.3 is 0 Å². The Morgan fingerprint density at radius 2 is 2.14 bits per heavy atom. The number of carbonyl (C=O) groups excluding carboxylic acids is 1. The normalized spacial score (nSPS) is 16.0. The molecule has 0 aliphatic heterocycles. The number of thiophene rings is 1. The van der Waals surface area contributed by atoms with Crippen molar-refractivity contribution in [2.45, 2.75) is 25.4 Å². The van der Waals surface area contributed by atoms with Crippen LogP contribution in [0.2, 0.25) is 0 Å². The van der Waals surface area contributed by atoms with Crippen LogP contribution in [0, 0.1) is 0 Å². The van der Waals surface area contributed by atoms with Crippen molar-refractivity contribution < 1.29 is 15.1 Å². The van der Waals surface area contributed by atoms with E-state index in [-0.39, 0.29) is 12.6 Å². The Kier molecular flexibility index (Phi) is 6.06. The third kappa shape index (κ3) is 4.26. The number of carbonyl (C=O) groups is 1. The van der Waals surface area contributed by atoms with Crippen molar-refractivity contribution in [1.82, 2.24) is 10.4 Å².